The van der Waals surface area contributed by atoms with E-state index < -0.39 is 5.97 Å². The summed E-state index contributed by atoms with van der Waals surface area (Å²) in [5.41, 5.74) is 7.06. The molecule has 0 aliphatic carbocycles. The van der Waals surface area contributed by atoms with Gasteiger partial charge in [0.15, 0.2) is 0 Å². The summed E-state index contributed by atoms with van der Waals surface area (Å²) in [6.07, 6.45) is 0.392. The van der Waals surface area contributed by atoms with Crippen LogP contribution in [0.4, 0.5) is 5.69 Å². The molecule has 1 amide bonds. The number of carbonyl (C=O) groups excluding carboxylic acids is 1. The molecule has 18 heavy (non-hydrogen) atoms. The van der Waals surface area contributed by atoms with E-state index in [1.54, 1.807) is 12.1 Å². The molecule has 1 atom stereocenters. The molecule has 1 heterocycles. The molecular formula is C13H16N2O3. The number of carbonyl (C=O) groups is 2. The highest BCUT2D eigenvalue weighted by Crippen LogP contribution is 2.28. The second kappa shape index (κ2) is 4.78. The number of anilines is 1. The first-order valence-electron chi connectivity index (χ1n) is 5.87. The summed E-state index contributed by atoms with van der Waals surface area (Å²) in [6, 6.07) is 5.08. The van der Waals surface area contributed by atoms with Gasteiger partial charge in [0.2, 0.25) is 5.91 Å². The van der Waals surface area contributed by atoms with Crippen LogP contribution in [0, 0.1) is 12.8 Å². The van der Waals surface area contributed by atoms with E-state index in [9.17, 15) is 14.7 Å². The Bertz CT molecular complexity index is 499. The lowest BCUT2D eigenvalue weighted by atomic mass is 10.1. The molecule has 1 aliphatic heterocycles. The lowest BCUT2D eigenvalue weighted by Crippen LogP contribution is -2.27. The van der Waals surface area contributed by atoms with Crippen molar-refractivity contribution in [1.29, 1.82) is 0 Å². The molecule has 96 valence electrons. The van der Waals surface area contributed by atoms with Gasteiger partial charge < -0.3 is 15.7 Å². The molecule has 1 aromatic carbocycles. The Morgan fingerprint density at radius 3 is 2.83 bits per heavy atom. The number of rotatable bonds is 3. The standard InChI is InChI=1S/C13H16N2O3/c1-8-2-3-11(10(4-8)13(17)18)15-7-9(6-14)5-12(15)16/h2-4,9H,5-7,14H2,1H3,(H,17,18). The number of aromatic carboxylic acids is 1. The maximum Gasteiger partial charge on any atom is 0.337 e. The van der Waals surface area contributed by atoms with E-state index in [4.69, 9.17) is 5.73 Å². The lowest BCUT2D eigenvalue weighted by molar-refractivity contribution is -0.117. The topological polar surface area (TPSA) is 83.6 Å². The second-order valence-corrected chi connectivity index (χ2v) is 4.64. The Kier molecular flexibility index (Phi) is 3.34. The van der Waals surface area contributed by atoms with Crippen LogP contribution in [0.15, 0.2) is 18.2 Å². The third-order valence-electron chi connectivity index (χ3n) is 3.21. The SMILES string of the molecule is Cc1ccc(N2CC(CN)CC2=O)c(C(=O)O)c1. The van der Waals surface area contributed by atoms with Crippen LogP contribution in [-0.4, -0.2) is 30.1 Å². The number of nitrogens with two attached hydrogens (primary N) is 1. The average Bonchev–Trinajstić information content (AvgIpc) is 2.70. The van der Waals surface area contributed by atoms with Crippen LogP contribution < -0.4 is 10.6 Å². The van der Waals surface area contributed by atoms with Gasteiger partial charge in [-0.15, -0.1) is 0 Å². The van der Waals surface area contributed by atoms with E-state index in [1.165, 1.54) is 4.90 Å². The smallest absolute Gasteiger partial charge is 0.337 e. The van der Waals surface area contributed by atoms with Crippen molar-refractivity contribution < 1.29 is 14.7 Å². The molecule has 1 aliphatic rings. The van der Waals surface area contributed by atoms with Crippen molar-refractivity contribution in [3.63, 3.8) is 0 Å². The minimum atomic E-state index is -1.02. The largest absolute Gasteiger partial charge is 0.478 e. The highest BCUT2D eigenvalue weighted by Gasteiger charge is 2.31. The van der Waals surface area contributed by atoms with Crippen LogP contribution >= 0.6 is 0 Å². The van der Waals surface area contributed by atoms with Crippen LogP contribution in [0.5, 0.6) is 0 Å². The molecule has 2 rings (SSSR count). The Labute approximate surface area is 105 Å². The van der Waals surface area contributed by atoms with Crippen LogP contribution in [0.3, 0.4) is 0 Å². The van der Waals surface area contributed by atoms with Crippen molar-refractivity contribution >= 4 is 17.6 Å². The molecule has 0 saturated carbocycles. The molecular weight excluding hydrogens is 232 g/mol. The van der Waals surface area contributed by atoms with Gasteiger partial charge in [-0.05, 0) is 31.5 Å². The third-order valence-corrected chi connectivity index (χ3v) is 3.21. The zero-order valence-corrected chi connectivity index (χ0v) is 10.2. The predicted molar refractivity (Wildman–Crippen MR) is 67.7 cm³/mol. The number of carboxylic acid groups (broad SMARTS) is 1. The fourth-order valence-electron chi connectivity index (χ4n) is 2.23. The molecule has 0 bridgehead atoms. The minimum Gasteiger partial charge on any atom is -0.478 e. The lowest BCUT2D eigenvalue weighted by Gasteiger charge is -2.19. The predicted octanol–water partition coefficient (Wildman–Crippen LogP) is 1.00. The Hall–Kier alpha value is -1.88. The van der Waals surface area contributed by atoms with Crippen molar-refractivity contribution in [1.82, 2.24) is 0 Å². The highest BCUT2D eigenvalue weighted by molar-refractivity contribution is 6.03. The summed E-state index contributed by atoms with van der Waals surface area (Å²) in [7, 11) is 0. The molecule has 0 aromatic heterocycles. The van der Waals surface area contributed by atoms with Crippen LogP contribution in [0.1, 0.15) is 22.3 Å². The number of amides is 1. The van der Waals surface area contributed by atoms with Crippen LogP contribution in [0.2, 0.25) is 0 Å². The molecule has 1 aromatic rings. The zero-order chi connectivity index (χ0) is 13.3. The normalized spacial score (nSPS) is 19.3. The van der Waals surface area contributed by atoms with E-state index in [0.29, 0.717) is 25.2 Å². The van der Waals surface area contributed by atoms with Gasteiger partial charge in [0, 0.05) is 13.0 Å². The van der Waals surface area contributed by atoms with E-state index in [1.807, 2.05) is 13.0 Å². The fourth-order valence-corrected chi connectivity index (χ4v) is 2.23. The van der Waals surface area contributed by atoms with Crippen molar-refractivity contribution in [3.8, 4) is 0 Å². The first-order chi connectivity index (χ1) is 8.52. The summed E-state index contributed by atoms with van der Waals surface area (Å²) in [5.74, 6) is -0.963. The fraction of sp³-hybridized carbons (Fsp3) is 0.385. The van der Waals surface area contributed by atoms with Gasteiger partial charge >= 0.3 is 5.97 Å². The minimum absolute atomic E-state index is 0.0585. The number of nitrogens with zero attached hydrogens (tertiary/aromatic N) is 1. The second-order valence-electron chi connectivity index (χ2n) is 4.64. The Morgan fingerprint density at radius 1 is 1.56 bits per heavy atom. The quantitative estimate of drug-likeness (QED) is 0.836. The number of aryl methyl sites for hydroxylation is 1. The van der Waals surface area contributed by atoms with Gasteiger partial charge in [-0.2, -0.15) is 0 Å². The number of hydrogen-bond acceptors (Lipinski definition) is 3. The zero-order valence-electron chi connectivity index (χ0n) is 10.2. The van der Waals surface area contributed by atoms with Crippen molar-refractivity contribution in [2.24, 2.45) is 11.7 Å². The maximum atomic E-state index is 11.9. The first-order valence-corrected chi connectivity index (χ1v) is 5.87. The monoisotopic (exact) mass is 248 g/mol. The van der Waals surface area contributed by atoms with E-state index >= 15 is 0 Å². The van der Waals surface area contributed by atoms with Gasteiger partial charge in [-0.25, -0.2) is 4.79 Å². The van der Waals surface area contributed by atoms with Gasteiger partial charge in [0.1, 0.15) is 0 Å². The number of carboxylic acids is 1. The van der Waals surface area contributed by atoms with Gasteiger partial charge in [-0.3, -0.25) is 4.79 Å². The molecule has 1 fully saturated rings. The summed E-state index contributed by atoms with van der Waals surface area (Å²) in [4.78, 5) is 24.6. The van der Waals surface area contributed by atoms with Gasteiger partial charge in [-0.1, -0.05) is 11.6 Å². The Balaban J connectivity index is 2.39. The average molecular weight is 248 g/mol. The van der Waals surface area contributed by atoms with Crippen molar-refractivity contribution in [2.75, 3.05) is 18.0 Å². The van der Waals surface area contributed by atoms with E-state index in [2.05, 4.69) is 0 Å². The van der Waals surface area contributed by atoms with Crippen LogP contribution in [0.25, 0.3) is 0 Å². The maximum absolute atomic E-state index is 11.9. The van der Waals surface area contributed by atoms with Gasteiger partial charge in [0.05, 0.1) is 11.3 Å². The van der Waals surface area contributed by atoms with Crippen LogP contribution in [-0.2, 0) is 4.79 Å². The summed E-state index contributed by atoms with van der Waals surface area (Å²) < 4.78 is 0. The highest BCUT2D eigenvalue weighted by atomic mass is 16.4. The molecule has 5 heteroatoms. The van der Waals surface area contributed by atoms with E-state index in [-0.39, 0.29) is 17.4 Å². The number of benzene rings is 1. The Morgan fingerprint density at radius 2 is 2.28 bits per heavy atom. The first kappa shape index (κ1) is 12.6. The molecule has 3 N–H and O–H groups in total. The summed E-state index contributed by atoms with van der Waals surface area (Å²) in [5, 5.41) is 9.20. The summed E-state index contributed by atoms with van der Waals surface area (Å²) in [6.45, 7) is 2.76. The van der Waals surface area contributed by atoms with E-state index in [0.717, 1.165) is 5.56 Å². The molecule has 5 nitrogen and oxygen atoms in total. The van der Waals surface area contributed by atoms with Crippen molar-refractivity contribution in [2.45, 2.75) is 13.3 Å². The third kappa shape index (κ3) is 2.22. The molecule has 1 saturated heterocycles. The molecule has 0 spiro atoms. The molecule has 0 radical (unpaired) electrons. The number of hydrogen-bond donors (Lipinski definition) is 2. The van der Waals surface area contributed by atoms with Gasteiger partial charge in [0.25, 0.3) is 0 Å². The molecule has 1 unspecified atom stereocenters. The van der Waals surface area contributed by atoms with Crippen molar-refractivity contribution in [3.05, 3.63) is 29.3 Å². The summed E-state index contributed by atoms with van der Waals surface area (Å²) >= 11 is 0.